The van der Waals surface area contributed by atoms with Crippen LogP contribution in [0, 0.1) is 5.92 Å². The Morgan fingerprint density at radius 3 is 2.26 bits per heavy atom. The fourth-order valence-electron chi connectivity index (χ4n) is 7.30. The van der Waals surface area contributed by atoms with Gasteiger partial charge in [0, 0.05) is 67.9 Å². The van der Waals surface area contributed by atoms with E-state index < -0.39 is 6.04 Å². The van der Waals surface area contributed by atoms with Crippen LogP contribution in [-0.4, -0.2) is 89.1 Å². The van der Waals surface area contributed by atoms with E-state index in [4.69, 9.17) is 11.6 Å². The molecule has 2 saturated heterocycles. The molecule has 43 heavy (non-hydrogen) atoms. The Balaban J connectivity index is 1.25. The summed E-state index contributed by atoms with van der Waals surface area (Å²) in [6.45, 7) is 15.2. The van der Waals surface area contributed by atoms with Crippen molar-refractivity contribution in [3.8, 4) is 0 Å². The number of piperazine rings is 1. The molecule has 0 aromatic heterocycles. The average molecular weight is 606 g/mol. The van der Waals surface area contributed by atoms with Gasteiger partial charge in [0.05, 0.1) is 18.7 Å². The highest BCUT2D eigenvalue weighted by Crippen LogP contribution is 2.36. The van der Waals surface area contributed by atoms with Gasteiger partial charge in [-0.1, -0.05) is 61.8 Å². The first-order valence-electron chi connectivity index (χ1n) is 16.1. The number of fused-ring (bicyclic) bond motifs is 1. The number of carbonyl (C=O) groups is 2. The van der Waals surface area contributed by atoms with Crippen molar-refractivity contribution in [1.29, 1.82) is 0 Å². The second-order valence-electron chi connectivity index (χ2n) is 13.3. The van der Waals surface area contributed by atoms with Crippen LogP contribution in [0.5, 0.6) is 0 Å². The fraction of sp³-hybridized carbons (Fsp3) is 0.571. The number of rotatable bonds is 10. The standard InChI is InChI=1S/C35H48ClN5O2/c1-25(2)23-35(13-15-39(16-14-35)26(3)4)41-19-17-40(18-20-41)34(43)32(21-27-9-11-29(36)12-10-27)38-33(42)22-31-30-8-6-5-7-28(30)24-37-31/h5-12,25-26,32H,13-24H2,1-4H3,(H,38,42)/t32-/m1/s1. The molecule has 1 atom stereocenters. The normalized spacial score (nSPS) is 19.8. The van der Waals surface area contributed by atoms with Crippen LogP contribution in [0.4, 0.5) is 0 Å². The maximum Gasteiger partial charge on any atom is 0.245 e. The van der Waals surface area contributed by atoms with Gasteiger partial charge in [-0.2, -0.15) is 0 Å². The van der Waals surface area contributed by atoms with E-state index in [0.717, 1.165) is 48.6 Å². The van der Waals surface area contributed by atoms with Crippen LogP contribution in [0.25, 0.3) is 0 Å². The molecule has 2 aromatic carbocycles. The van der Waals surface area contributed by atoms with Crippen LogP contribution in [0.1, 0.15) is 70.1 Å². The number of carbonyl (C=O) groups excluding carboxylic acids is 2. The minimum absolute atomic E-state index is 0.00996. The van der Waals surface area contributed by atoms with Gasteiger partial charge in [-0.3, -0.25) is 19.5 Å². The molecular weight excluding hydrogens is 558 g/mol. The molecule has 2 amide bonds. The first kappa shape index (κ1) is 31.7. The summed E-state index contributed by atoms with van der Waals surface area (Å²) < 4.78 is 0. The zero-order chi connectivity index (χ0) is 30.6. The van der Waals surface area contributed by atoms with E-state index in [1.165, 1.54) is 19.3 Å². The Morgan fingerprint density at radius 2 is 1.60 bits per heavy atom. The van der Waals surface area contributed by atoms with Crippen molar-refractivity contribution in [2.75, 3.05) is 39.3 Å². The Bertz CT molecular complexity index is 1290. The van der Waals surface area contributed by atoms with Gasteiger partial charge in [0.1, 0.15) is 6.04 Å². The lowest BCUT2D eigenvalue weighted by molar-refractivity contribution is -0.139. The SMILES string of the molecule is CC(C)CC1(N2CCN(C(=O)[C@@H](Cc3ccc(Cl)cc3)NC(=O)CC3=NCc4ccccc43)CC2)CCN(C(C)C)CC1. The van der Waals surface area contributed by atoms with E-state index in [-0.39, 0.29) is 23.8 Å². The number of piperidine rings is 1. The Kier molecular flexibility index (Phi) is 10.3. The van der Waals surface area contributed by atoms with Gasteiger partial charge in [0.25, 0.3) is 0 Å². The minimum Gasteiger partial charge on any atom is -0.344 e. The third-order valence-corrected chi connectivity index (χ3v) is 9.84. The predicted molar refractivity (Wildman–Crippen MR) is 175 cm³/mol. The molecule has 1 N–H and O–H groups in total. The van der Waals surface area contributed by atoms with Crippen molar-refractivity contribution in [1.82, 2.24) is 20.0 Å². The van der Waals surface area contributed by atoms with Gasteiger partial charge in [0.15, 0.2) is 0 Å². The third kappa shape index (κ3) is 7.68. The predicted octanol–water partition coefficient (Wildman–Crippen LogP) is 5.19. The summed E-state index contributed by atoms with van der Waals surface area (Å²) in [4.78, 5) is 39.2. The Labute approximate surface area is 262 Å². The second kappa shape index (κ2) is 13.9. The van der Waals surface area contributed by atoms with Crippen LogP contribution in [0.15, 0.2) is 53.5 Å². The van der Waals surface area contributed by atoms with Crippen LogP contribution in [-0.2, 0) is 22.6 Å². The molecule has 3 aliphatic rings. The van der Waals surface area contributed by atoms with E-state index in [9.17, 15) is 9.59 Å². The lowest BCUT2D eigenvalue weighted by Gasteiger charge is -2.53. The first-order chi connectivity index (χ1) is 20.6. The molecule has 0 saturated carbocycles. The lowest BCUT2D eigenvalue weighted by atomic mass is 9.78. The summed E-state index contributed by atoms with van der Waals surface area (Å²) in [5.74, 6) is 0.444. The largest absolute Gasteiger partial charge is 0.344 e. The fourth-order valence-corrected chi connectivity index (χ4v) is 7.42. The molecule has 2 fully saturated rings. The molecule has 0 bridgehead atoms. The highest BCUT2D eigenvalue weighted by molar-refractivity contribution is 6.30. The average Bonchev–Trinajstić information content (AvgIpc) is 3.40. The molecular formula is C35H48ClN5O2. The summed E-state index contributed by atoms with van der Waals surface area (Å²) in [5.41, 5.74) is 4.13. The summed E-state index contributed by atoms with van der Waals surface area (Å²) in [5, 5.41) is 3.75. The molecule has 2 aromatic rings. The van der Waals surface area contributed by atoms with Crippen molar-refractivity contribution >= 4 is 29.1 Å². The number of aliphatic imine (C=N–C) groups is 1. The van der Waals surface area contributed by atoms with Crippen molar-refractivity contribution in [2.45, 2.75) is 84.0 Å². The van der Waals surface area contributed by atoms with E-state index in [2.05, 4.69) is 53.9 Å². The highest BCUT2D eigenvalue weighted by atomic mass is 35.5. The molecule has 3 heterocycles. The Morgan fingerprint density at radius 1 is 0.930 bits per heavy atom. The molecule has 8 heteroatoms. The van der Waals surface area contributed by atoms with Gasteiger partial charge < -0.3 is 15.1 Å². The van der Waals surface area contributed by atoms with E-state index in [0.29, 0.717) is 43.0 Å². The molecule has 3 aliphatic heterocycles. The lowest BCUT2D eigenvalue weighted by Crippen LogP contribution is -2.63. The number of benzene rings is 2. The van der Waals surface area contributed by atoms with Gasteiger partial charge in [-0.15, -0.1) is 0 Å². The Hall–Kier alpha value is -2.74. The van der Waals surface area contributed by atoms with Gasteiger partial charge >= 0.3 is 0 Å². The maximum absolute atomic E-state index is 14.0. The second-order valence-corrected chi connectivity index (χ2v) is 13.7. The zero-order valence-corrected chi connectivity index (χ0v) is 27.1. The van der Waals surface area contributed by atoms with Crippen molar-refractivity contribution in [2.24, 2.45) is 10.9 Å². The summed E-state index contributed by atoms with van der Waals surface area (Å²) in [7, 11) is 0. The number of nitrogens with zero attached hydrogens (tertiary/aromatic N) is 4. The summed E-state index contributed by atoms with van der Waals surface area (Å²) >= 11 is 6.13. The first-order valence-corrected chi connectivity index (χ1v) is 16.4. The minimum atomic E-state index is -0.642. The van der Waals surface area contributed by atoms with E-state index in [1.54, 1.807) is 0 Å². The van der Waals surface area contributed by atoms with Crippen molar-refractivity contribution in [3.05, 3.63) is 70.2 Å². The topological polar surface area (TPSA) is 68.2 Å². The number of hydrogen-bond donors (Lipinski definition) is 1. The molecule has 0 spiro atoms. The van der Waals surface area contributed by atoms with Gasteiger partial charge in [-0.05, 0) is 62.3 Å². The number of hydrogen-bond acceptors (Lipinski definition) is 5. The molecule has 232 valence electrons. The monoisotopic (exact) mass is 605 g/mol. The molecule has 5 rings (SSSR count). The number of halogens is 1. The van der Waals surface area contributed by atoms with Gasteiger partial charge in [0.2, 0.25) is 11.8 Å². The quantitative estimate of drug-likeness (QED) is 0.405. The maximum atomic E-state index is 14.0. The molecule has 0 radical (unpaired) electrons. The number of amides is 2. The number of likely N-dealkylation sites (tertiary alicyclic amines) is 1. The van der Waals surface area contributed by atoms with Crippen LogP contribution in [0.2, 0.25) is 5.02 Å². The molecule has 0 unspecified atom stereocenters. The van der Waals surface area contributed by atoms with Crippen LogP contribution < -0.4 is 5.32 Å². The third-order valence-electron chi connectivity index (χ3n) is 9.59. The van der Waals surface area contributed by atoms with Crippen molar-refractivity contribution in [3.63, 3.8) is 0 Å². The van der Waals surface area contributed by atoms with Crippen LogP contribution >= 0.6 is 11.6 Å². The van der Waals surface area contributed by atoms with Crippen LogP contribution in [0.3, 0.4) is 0 Å². The highest BCUT2D eigenvalue weighted by Gasteiger charge is 2.42. The van der Waals surface area contributed by atoms with E-state index >= 15 is 0 Å². The summed E-state index contributed by atoms with van der Waals surface area (Å²) in [6.07, 6.45) is 4.14. The van der Waals surface area contributed by atoms with Crippen molar-refractivity contribution < 1.29 is 9.59 Å². The molecule has 7 nitrogen and oxygen atoms in total. The smallest absolute Gasteiger partial charge is 0.245 e. The zero-order valence-electron chi connectivity index (χ0n) is 26.3. The van der Waals surface area contributed by atoms with E-state index in [1.807, 2.05) is 47.4 Å². The van der Waals surface area contributed by atoms with Gasteiger partial charge in [-0.25, -0.2) is 0 Å². The summed E-state index contributed by atoms with van der Waals surface area (Å²) in [6, 6.07) is 15.5. The number of nitrogens with one attached hydrogen (secondary N) is 1. The molecule has 0 aliphatic carbocycles.